The van der Waals surface area contributed by atoms with E-state index in [-0.39, 0.29) is 0 Å². The van der Waals surface area contributed by atoms with Gasteiger partial charge in [-0.25, -0.2) is 0 Å². The van der Waals surface area contributed by atoms with Gasteiger partial charge in [-0.2, -0.15) is 0 Å². The Kier molecular flexibility index (Phi) is 3.33. The van der Waals surface area contributed by atoms with Gasteiger partial charge in [0.15, 0.2) is 0 Å². The molecule has 2 nitrogen and oxygen atoms in total. The molecule has 0 fully saturated rings. The third-order valence-electron chi connectivity index (χ3n) is 3.74. The van der Waals surface area contributed by atoms with E-state index in [0.717, 1.165) is 4.70 Å². The van der Waals surface area contributed by atoms with E-state index in [9.17, 15) is 0 Å². The molecule has 3 aromatic carbocycles. The van der Waals surface area contributed by atoms with E-state index < -0.39 is 0 Å². The fraction of sp³-hybridized carbons (Fsp3) is 0. The molecule has 22 heavy (non-hydrogen) atoms. The topological polar surface area (TPSA) is 29.5 Å². The molecule has 0 atom stereocenters. The average molecular weight is 303 g/mol. The summed E-state index contributed by atoms with van der Waals surface area (Å²) in [4.78, 5) is 0. The predicted molar refractivity (Wildman–Crippen MR) is 93.4 cm³/mol. The zero-order valence-electron chi connectivity index (χ0n) is 11.7. The molecule has 4 aromatic rings. The van der Waals surface area contributed by atoms with Crippen LogP contribution in [0.3, 0.4) is 0 Å². The summed E-state index contributed by atoms with van der Waals surface area (Å²) in [6, 6.07) is 22.8. The van der Waals surface area contributed by atoms with Crippen molar-refractivity contribution in [2.45, 2.75) is 0 Å². The van der Waals surface area contributed by atoms with Gasteiger partial charge in [-0.3, -0.25) is 0 Å². The van der Waals surface area contributed by atoms with Crippen molar-refractivity contribution in [2.24, 2.45) is 0 Å². The molecule has 0 saturated heterocycles. The van der Waals surface area contributed by atoms with E-state index in [0.29, 0.717) is 13.4 Å². The maximum absolute atomic E-state index is 8.75. The fourth-order valence-corrected chi connectivity index (χ4v) is 3.82. The molecule has 4 heteroatoms. The predicted octanol–water partition coefficient (Wildman–Crippen LogP) is 4.63. The summed E-state index contributed by atoms with van der Waals surface area (Å²) >= 11 is 1.73. The van der Waals surface area contributed by atoms with Gasteiger partial charge in [-0.05, 0) is 41.5 Å². The van der Waals surface area contributed by atoms with Gasteiger partial charge >= 0.3 is 7.69 Å². The first kappa shape index (κ1) is 13.4. The van der Waals surface area contributed by atoms with Crippen molar-refractivity contribution in [3.63, 3.8) is 0 Å². The molecular weight excluding hydrogens is 291 g/mol. The maximum Gasteiger partial charge on any atom is 0.569 e. The van der Waals surface area contributed by atoms with Gasteiger partial charge in [0.25, 0.3) is 0 Å². The van der Waals surface area contributed by atoms with Crippen LogP contribution in [-0.2, 0) is 0 Å². The van der Waals surface area contributed by atoms with Gasteiger partial charge in [0, 0.05) is 20.2 Å². The van der Waals surface area contributed by atoms with Crippen LogP contribution in [0.1, 0.15) is 0 Å². The van der Waals surface area contributed by atoms with Crippen LogP contribution in [-0.4, -0.2) is 12.7 Å². The molecule has 4 rings (SSSR count). The molecule has 0 bridgehead atoms. The lowest BCUT2D eigenvalue weighted by molar-refractivity contribution is 0.454. The van der Waals surface area contributed by atoms with Crippen molar-refractivity contribution in [1.29, 1.82) is 0 Å². The maximum atomic E-state index is 8.75. The highest BCUT2D eigenvalue weighted by Crippen LogP contribution is 2.37. The quantitative estimate of drug-likeness (QED) is 0.559. The second kappa shape index (κ2) is 5.48. The first-order chi connectivity index (χ1) is 10.8. The van der Waals surface area contributed by atoms with Crippen LogP contribution in [0.4, 0.5) is 0 Å². The number of hydrogen-bond donors (Lipinski definition) is 1. The van der Waals surface area contributed by atoms with Gasteiger partial charge in [0.05, 0.1) is 0 Å². The molecule has 0 aliphatic carbocycles. The van der Waals surface area contributed by atoms with Crippen molar-refractivity contribution in [1.82, 2.24) is 0 Å². The van der Waals surface area contributed by atoms with E-state index in [4.69, 9.17) is 9.68 Å². The largest absolute Gasteiger partial charge is 0.569 e. The van der Waals surface area contributed by atoms with Crippen molar-refractivity contribution in [3.05, 3.63) is 66.7 Å². The Balaban J connectivity index is 1.90. The Morgan fingerprint density at radius 3 is 2.45 bits per heavy atom. The molecule has 0 unspecified atom stereocenters. The molecule has 1 N–H and O–H groups in total. The van der Waals surface area contributed by atoms with E-state index in [1.807, 2.05) is 24.3 Å². The van der Waals surface area contributed by atoms with E-state index >= 15 is 0 Å². The summed E-state index contributed by atoms with van der Waals surface area (Å²) in [5.74, 6) is 0.643. The molecule has 0 amide bonds. The van der Waals surface area contributed by atoms with Crippen LogP contribution in [0.15, 0.2) is 66.7 Å². The second-order valence-corrected chi connectivity index (χ2v) is 6.14. The van der Waals surface area contributed by atoms with Gasteiger partial charge in [-0.15, -0.1) is 11.3 Å². The molecule has 0 aliphatic heterocycles. The molecule has 0 aliphatic rings. The first-order valence-corrected chi connectivity index (χ1v) is 7.81. The van der Waals surface area contributed by atoms with Gasteiger partial charge < -0.3 is 9.68 Å². The summed E-state index contributed by atoms with van der Waals surface area (Å²) in [7, 11) is 0.710. The lowest BCUT2D eigenvalue weighted by atomic mass is 10.0. The highest BCUT2D eigenvalue weighted by molar-refractivity contribution is 7.25. The smallest absolute Gasteiger partial charge is 0.537 e. The molecule has 1 aromatic heterocycles. The third-order valence-corrected chi connectivity index (χ3v) is 4.87. The molecular formula is C18H12BO2S. The Morgan fingerprint density at radius 1 is 0.773 bits per heavy atom. The van der Waals surface area contributed by atoms with Crippen molar-refractivity contribution < 1.29 is 9.68 Å². The molecule has 1 radical (unpaired) electrons. The lowest BCUT2D eigenvalue weighted by Crippen LogP contribution is -1.98. The monoisotopic (exact) mass is 303 g/mol. The average Bonchev–Trinajstić information content (AvgIpc) is 2.93. The molecule has 0 spiro atoms. The minimum atomic E-state index is 0.643. The Labute approximate surface area is 132 Å². The van der Waals surface area contributed by atoms with E-state index in [1.54, 1.807) is 11.3 Å². The SMILES string of the molecule is O[B]Oc1ccc2c(c1)sc1ccc(-c3ccccc3)cc12. The fourth-order valence-electron chi connectivity index (χ4n) is 2.70. The zero-order chi connectivity index (χ0) is 14.9. The Hall–Kier alpha value is -2.30. The van der Waals surface area contributed by atoms with E-state index in [1.165, 1.54) is 26.6 Å². The lowest BCUT2D eigenvalue weighted by Gasteiger charge is -2.02. The standard InChI is InChI=1S/C18H12BO2S/c20-19-21-14-7-8-15-16-10-13(12-4-2-1-3-5-12)6-9-17(16)22-18(15)11-14/h1-11,20H. The van der Waals surface area contributed by atoms with Gasteiger partial charge in [0.2, 0.25) is 0 Å². The molecule has 0 saturated carbocycles. The van der Waals surface area contributed by atoms with Crippen molar-refractivity contribution in [2.75, 3.05) is 0 Å². The van der Waals surface area contributed by atoms with Gasteiger partial charge in [-0.1, -0.05) is 36.4 Å². The summed E-state index contributed by atoms with van der Waals surface area (Å²) in [5.41, 5.74) is 2.44. The highest BCUT2D eigenvalue weighted by atomic mass is 32.1. The first-order valence-electron chi connectivity index (χ1n) is 6.99. The summed E-state index contributed by atoms with van der Waals surface area (Å²) in [6.07, 6.45) is 0. The van der Waals surface area contributed by atoms with Crippen LogP contribution in [0, 0.1) is 0 Å². The van der Waals surface area contributed by atoms with Crippen LogP contribution in [0.25, 0.3) is 31.3 Å². The Bertz CT molecular complexity index is 947. The van der Waals surface area contributed by atoms with Gasteiger partial charge in [0.1, 0.15) is 5.75 Å². The van der Waals surface area contributed by atoms with E-state index in [2.05, 4.69) is 42.5 Å². The summed E-state index contributed by atoms with van der Waals surface area (Å²) in [5, 5.41) is 11.2. The molecule has 1 heterocycles. The second-order valence-electron chi connectivity index (χ2n) is 5.06. The zero-order valence-corrected chi connectivity index (χ0v) is 12.5. The Morgan fingerprint density at radius 2 is 1.64 bits per heavy atom. The summed E-state index contributed by atoms with van der Waals surface area (Å²) in [6.45, 7) is 0. The minimum Gasteiger partial charge on any atom is -0.537 e. The number of thiophene rings is 1. The summed E-state index contributed by atoms with van der Waals surface area (Å²) < 4.78 is 7.44. The minimum absolute atomic E-state index is 0.643. The highest BCUT2D eigenvalue weighted by Gasteiger charge is 2.08. The third kappa shape index (κ3) is 2.26. The molecule has 105 valence electrons. The number of rotatable bonds is 3. The van der Waals surface area contributed by atoms with Crippen molar-refractivity contribution in [3.8, 4) is 16.9 Å². The number of fused-ring (bicyclic) bond motifs is 3. The van der Waals surface area contributed by atoms with Crippen LogP contribution in [0.2, 0.25) is 0 Å². The van der Waals surface area contributed by atoms with Crippen LogP contribution >= 0.6 is 11.3 Å². The van der Waals surface area contributed by atoms with Crippen LogP contribution in [0.5, 0.6) is 5.75 Å². The number of hydrogen-bond acceptors (Lipinski definition) is 3. The van der Waals surface area contributed by atoms with Crippen molar-refractivity contribution >= 4 is 39.2 Å². The normalized spacial score (nSPS) is 11.0. The van der Waals surface area contributed by atoms with Crippen LogP contribution < -0.4 is 4.65 Å². The number of benzene rings is 3.